The number of anilines is 1. The highest BCUT2D eigenvalue weighted by Crippen LogP contribution is 2.29. The van der Waals surface area contributed by atoms with Gasteiger partial charge in [-0.05, 0) is 39.2 Å². The minimum absolute atomic E-state index is 0.00188. The van der Waals surface area contributed by atoms with Crippen LogP contribution in [0.2, 0.25) is 0 Å². The molecule has 1 fully saturated rings. The zero-order chi connectivity index (χ0) is 17.3. The Balaban J connectivity index is 1.86. The summed E-state index contributed by atoms with van der Waals surface area (Å²) >= 11 is 0. The summed E-state index contributed by atoms with van der Waals surface area (Å²) in [6, 6.07) is 0.898. The maximum Gasteiger partial charge on any atom is 0.433 e. The van der Waals surface area contributed by atoms with Crippen molar-refractivity contribution in [3.63, 3.8) is 0 Å². The molecule has 24 heavy (non-hydrogen) atoms. The molecule has 9 heteroatoms. The lowest BCUT2D eigenvalue weighted by molar-refractivity contribution is -0.141. The van der Waals surface area contributed by atoms with E-state index in [-0.39, 0.29) is 12.0 Å². The standard InChI is InChI=1S/C15H19F3N6/c1-10-20-11(2)24(22-10)9-12-5-3-4-8-23(12)14-19-7-6-13(21-14)15(16,17)18/h6-7,12H,3-5,8-9H2,1-2H3. The molecular formula is C15H19F3N6. The van der Waals surface area contributed by atoms with E-state index < -0.39 is 11.9 Å². The highest BCUT2D eigenvalue weighted by atomic mass is 19.4. The van der Waals surface area contributed by atoms with Gasteiger partial charge in [0.05, 0.1) is 12.6 Å². The van der Waals surface area contributed by atoms with Gasteiger partial charge in [-0.2, -0.15) is 18.3 Å². The maximum absolute atomic E-state index is 12.9. The number of hydrogen-bond acceptors (Lipinski definition) is 5. The Morgan fingerprint density at radius 2 is 2.00 bits per heavy atom. The maximum atomic E-state index is 12.9. The van der Waals surface area contributed by atoms with Crippen molar-refractivity contribution in [1.82, 2.24) is 24.7 Å². The van der Waals surface area contributed by atoms with Gasteiger partial charge < -0.3 is 4.90 Å². The van der Waals surface area contributed by atoms with Gasteiger partial charge >= 0.3 is 6.18 Å². The first kappa shape index (κ1) is 16.7. The van der Waals surface area contributed by atoms with Crippen molar-refractivity contribution in [3.05, 3.63) is 29.6 Å². The predicted molar refractivity (Wildman–Crippen MR) is 81.5 cm³/mol. The lowest BCUT2D eigenvalue weighted by Gasteiger charge is -2.35. The van der Waals surface area contributed by atoms with Crippen molar-refractivity contribution >= 4 is 5.95 Å². The number of piperidine rings is 1. The van der Waals surface area contributed by atoms with Gasteiger partial charge in [0.15, 0.2) is 0 Å². The van der Waals surface area contributed by atoms with Gasteiger partial charge in [0, 0.05) is 12.7 Å². The van der Waals surface area contributed by atoms with Crippen LogP contribution in [0, 0.1) is 13.8 Å². The van der Waals surface area contributed by atoms with Gasteiger partial charge in [-0.25, -0.2) is 19.6 Å². The van der Waals surface area contributed by atoms with Crippen molar-refractivity contribution in [3.8, 4) is 0 Å². The Hall–Kier alpha value is -2.19. The lowest BCUT2D eigenvalue weighted by Crippen LogP contribution is -2.43. The van der Waals surface area contributed by atoms with E-state index in [1.165, 1.54) is 6.20 Å². The van der Waals surface area contributed by atoms with Crippen molar-refractivity contribution in [2.45, 2.75) is 51.9 Å². The molecule has 3 rings (SSSR count). The summed E-state index contributed by atoms with van der Waals surface area (Å²) in [6.45, 7) is 4.89. The summed E-state index contributed by atoms with van der Waals surface area (Å²) in [5.74, 6) is 1.61. The summed E-state index contributed by atoms with van der Waals surface area (Å²) in [7, 11) is 0. The first-order chi connectivity index (χ1) is 11.3. The summed E-state index contributed by atoms with van der Waals surface area (Å²) < 4.78 is 40.5. The van der Waals surface area contributed by atoms with E-state index in [0.717, 1.165) is 31.2 Å². The Morgan fingerprint density at radius 1 is 1.21 bits per heavy atom. The molecule has 0 aromatic carbocycles. The van der Waals surface area contributed by atoms with Gasteiger partial charge in [0.2, 0.25) is 5.95 Å². The molecule has 0 saturated carbocycles. The quantitative estimate of drug-likeness (QED) is 0.860. The summed E-state index contributed by atoms with van der Waals surface area (Å²) in [5, 5.41) is 4.35. The molecule has 3 heterocycles. The fourth-order valence-corrected chi connectivity index (χ4v) is 3.03. The second-order valence-corrected chi connectivity index (χ2v) is 5.97. The highest BCUT2D eigenvalue weighted by Gasteiger charge is 2.34. The highest BCUT2D eigenvalue weighted by molar-refractivity contribution is 5.33. The fraction of sp³-hybridized carbons (Fsp3) is 0.600. The van der Waals surface area contributed by atoms with Crippen LogP contribution in [0.1, 0.15) is 36.6 Å². The molecule has 130 valence electrons. The molecule has 2 aromatic heterocycles. The van der Waals surface area contributed by atoms with Crippen LogP contribution in [0.5, 0.6) is 0 Å². The van der Waals surface area contributed by atoms with Crippen LogP contribution in [-0.2, 0) is 12.7 Å². The summed E-state index contributed by atoms with van der Waals surface area (Å²) in [5.41, 5.74) is -0.912. The second-order valence-electron chi connectivity index (χ2n) is 5.97. The van der Waals surface area contributed by atoms with Crippen LogP contribution in [0.3, 0.4) is 0 Å². The molecule has 0 aliphatic carbocycles. The Labute approximate surface area is 137 Å². The van der Waals surface area contributed by atoms with E-state index in [2.05, 4.69) is 20.1 Å². The molecular weight excluding hydrogens is 321 g/mol. The van der Waals surface area contributed by atoms with Gasteiger partial charge in [0.1, 0.15) is 17.3 Å². The number of aryl methyl sites for hydroxylation is 2. The Morgan fingerprint density at radius 3 is 2.67 bits per heavy atom. The minimum atomic E-state index is -4.47. The largest absolute Gasteiger partial charge is 0.433 e. The number of nitrogens with zero attached hydrogens (tertiary/aromatic N) is 6. The number of rotatable bonds is 3. The van der Waals surface area contributed by atoms with E-state index in [1.807, 2.05) is 18.7 Å². The Kier molecular flexibility index (Phi) is 4.42. The van der Waals surface area contributed by atoms with Crippen LogP contribution in [0.25, 0.3) is 0 Å². The van der Waals surface area contributed by atoms with E-state index >= 15 is 0 Å². The molecule has 1 saturated heterocycles. The number of hydrogen-bond donors (Lipinski definition) is 0. The topological polar surface area (TPSA) is 59.7 Å². The molecule has 0 bridgehead atoms. The zero-order valence-electron chi connectivity index (χ0n) is 13.6. The molecule has 1 unspecified atom stereocenters. The van der Waals surface area contributed by atoms with Crippen molar-refractivity contribution in [2.75, 3.05) is 11.4 Å². The fourth-order valence-electron chi connectivity index (χ4n) is 3.03. The third kappa shape index (κ3) is 3.49. The van der Waals surface area contributed by atoms with Gasteiger partial charge in [-0.3, -0.25) is 0 Å². The zero-order valence-corrected chi connectivity index (χ0v) is 13.6. The summed E-state index contributed by atoms with van der Waals surface area (Å²) in [6.07, 6.45) is -0.513. The second kappa shape index (κ2) is 6.37. The molecule has 1 aliphatic rings. The number of aromatic nitrogens is 5. The van der Waals surface area contributed by atoms with Gasteiger partial charge in [0.25, 0.3) is 0 Å². The van der Waals surface area contributed by atoms with Crippen LogP contribution in [-0.4, -0.2) is 37.3 Å². The monoisotopic (exact) mass is 340 g/mol. The van der Waals surface area contributed by atoms with Gasteiger partial charge in [-0.1, -0.05) is 0 Å². The van der Waals surface area contributed by atoms with Crippen molar-refractivity contribution < 1.29 is 13.2 Å². The molecule has 2 aromatic rings. The predicted octanol–water partition coefficient (Wildman–Crippen LogP) is 2.76. The lowest BCUT2D eigenvalue weighted by atomic mass is 10.0. The average molecular weight is 340 g/mol. The molecule has 0 amide bonds. The first-order valence-electron chi connectivity index (χ1n) is 7.89. The molecule has 6 nitrogen and oxygen atoms in total. The summed E-state index contributed by atoms with van der Waals surface area (Å²) in [4.78, 5) is 13.9. The smallest absolute Gasteiger partial charge is 0.336 e. The molecule has 1 atom stereocenters. The van der Waals surface area contributed by atoms with Crippen LogP contribution < -0.4 is 4.90 Å². The minimum Gasteiger partial charge on any atom is -0.336 e. The molecule has 0 spiro atoms. The van der Waals surface area contributed by atoms with Gasteiger partial charge in [-0.15, -0.1) is 0 Å². The number of alkyl halides is 3. The molecule has 0 radical (unpaired) electrons. The third-order valence-electron chi connectivity index (χ3n) is 4.16. The third-order valence-corrected chi connectivity index (χ3v) is 4.16. The van der Waals surface area contributed by atoms with Crippen molar-refractivity contribution in [1.29, 1.82) is 0 Å². The molecule has 0 N–H and O–H groups in total. The van der Waals surface area contributed by atoms with E-state index in [1.54, 1.807) is 4.68 Å². The van der Waals surface area contributed by atoms with Crippen LogP contribution in [0.15, 0.2) is 12.3 Å². The SMILES string of the molecule is Cc1nc(C)n(CC2CCCCN2c2nccc(C(F)(F)F)n2)n1. The van der Waals surface area contributed by atoms with Crippen LogP contribution in [0.4, 0.5) is 19.1 Å². The average Bonchev–Trinajstić information content (AvgIpc) is 2.85. The van der Waals surface area contributed by atoms with Crippen LogP contribution >= 0.6 is 0 Å². The van der Waals surface area contributed by atoms with E-state index in [4.69, 9.17) is 0 Å². The van der Waals surface area contributed by atoms with E-state index in [9.17, 15) is 13.2 Å². The normalized spacial score (nSPS) is 18.9. The number of halogens is 3. The van der Waals surface area contributed by atoms with E-state index in [0.29, 0.717) is 18.9 Å². The first-order valence-corrected chi connectivity index (χ1v) is 7.89. The molecule has 1 aliphatic heterocycles. The Bertz CT molecular complexity index is 711. The van der Waals surface area contributed by atoms with Crippen molar-refractivity contribution in [2.24, 2.45) is 0 Å².